The van der Waals surface area contributed by atoms with Crippen LogP contribution in [0.25, 0.3) is 0 Å². The number of rotatable bonds is 1. The molecule has 0 aromatic rings. The average molecular weight is 243 g/mol. The van der Waals surface area contributed by atoms with Crippen molar-refractivity contribution in [2.75, 3.05) is 26.8 Å². The van der Waals surface area contributed by atoms with Crippen LogP contribution in [0.3, 0.4) is 0 Å². The van der Waals surface area contributed by atoms with Gasteiger partial charge in [-0.05, 0) is 25.2 Å². The zero-order valence-electron chi connectivity index (χ0n) is 10.9. The minimum atomic E-state index is -0.250. The number of alkyl halides is 1. The first-order valence-corrected chi connectivity index (χ1v) is 5.98. The smallest absolute Gasteiger partial charge is 0.317 e. The minimum absolute atomic E-state index is 0.0283. The lowest BCUT2D eigenvalue weighted by molar-refractivity contribution is 0.143. The van der Waals surface area contributed by atoms with E-state index in [0.717, 1.165) is 19.5 Å². The topological polar surface area (TPSA) is 56.1 Å². The summed E-state index contributed by atoms with van der Waals surface area (Å²) in [7, 11) is 1.64. The summed E-state index contributed by atoms with van der Waals surface area (Å²) in [4.78, 5) is 13.2. The van der Waals surface area contributed by atoms with E-state index in [1.54, 1.807) is 11.9 Å². The molecule has 1 rings (SSSR count). The fourth-order valence-corrected chi connectivity index (χ4v) is 2.08. The van der Waals surface area contributed by atoms with Crippen molar-refractivity contribution in [2.45, 2.75) is 26.7 Å². The first-order chi connectivity index (χ1) is 8.08. The number of piperidine rings is 1. The number of carbonyl (C=O) groups is 1. The zero-order valence-corrected chi connectivity index (χ0v) is 10.9. The van der Waals surface area contributed by atoms with Gasteiger partial charge in [0.1, 0.15) is 0 Å². The number of nitriles is 1. The molecule has 0 bridgehead atoms. The standard InChI is InChI=1S/C10H17N3O.C2H5F/c1-8-5-9(3-4-11)7-13(6-8)10(14)12-2;1-2-3/h8-9H,3,5-7H2,1-2H3,(H,12,14);2H2,1H3/t8?,9-;/m0./s1. The number of amides is 2. The summed E-state index contributed by atoms with van der Waals surface area (Å²) in [5, 5.41) is 11.2. The molecular weight excluding hydrogens is 221 g/mol. The van der Waals surface area contributed by atoms with Crippen molar-refractivity contribution in [3.63, 3.8) is 0 Å². The molecule has 1 N–H and O–H groups in total. The second-order valence-electron chi connectivity index (χ2n) is 4.30. The Morgan fingerprint density at radius 2 is 2.18 bits per heavy atom. The molecule has 0 spiro atoms. The average Bonchev–Trinajstić information content (AvgIpc) is 2.28. The van der Waals surface area contributed by atoms with Crippen LogP contribution in [0.2, 0.25) is 0 Å². The second-order valence-corrected chi connectivity index (χ2v) is 4.30. The van der Waals surface area contributed by atoms with Crippen LogP contribution < -0.4 is 5.32 Å². The summed E-state index contributed by atoms with van der Waals surface area (Å²) >= 11 is 0. The van der Waals surface area contributed by atoms with Gasteiger partial charge in [0.15, 0.2) is 0 Å². The molecule has 1 heterocycles. The maximum atomic E-state index is 11.4. The fourth-order valence-electron chi connectivity index (χ4n) is 2.08. The SMILES string of the molecule is CCF.CNC(=O)N1CC(C)C[C@H](CC#N)C1. The van der Waals surface area contributed by atoms with Crippen LogP contribution in [0.1, 0.15) is 26.7 Å². The quantitative estimate of drug-likeness (QED) is 0.767. The van der Waals surface area contributed by atoms with Crippen LogP contribution in [0.15, 0.2) is 0 Å². The number of halogens is 1. The van der Waals surface area contributed by atoms with E-state index in [-0.39, 0.29) is 12.7 Å². The zero-order chi connectivity index (χ0) is 13.3. The van der Waals surface area contributed by atoms with E-state index in [2.05, 4.69) is 18.3 Å². The fraction of sp³-hybridized carbons (Fsp3) is 0.833. The number of carbonyl (C=O) groups excluding carboxylic acids is 1. The third kappa shape index (κ3) is 6.10. The Hall–Kier alpha value is -1.31. The van der Waals surface area contributed by atoms with Crippen molar-refractivity contribution in [1.29, 1.82) is 5.26 Å². The third-order valence-corrected chi connectivity index (χ3v) is 2.63. The van der Waals surface area contributed by atoms with Crippen LogP contribution in [-0.2, 0) is 0 Å². The molecule has 1 fully saturated rings. The van der Waals surface area contributed by atoms with Crippen LogP contribution in [0, 0.1) is 23.2 Å². The van der Waals surface area contributed by atoms with Gasteiger partial charge in [-0.25, -0.2) is 4.79 Å². The second kappa shape index (κ2) is 8.80. The highest BCUT2D eigenvalue weighted by atomic mass is 19.1. The first-order valence-electron chi connectivity index (χ1n) is 5.98. The molecule has 0 aromatic carbocycles. The van der Waals surface area contributed by atoms with Gasteiger partial charge in [0.25, 0.3) is 0 Å². The van der Waals surface area contributed by atoms with E-state index in [1.807, 2.05) is 0 Å². The molecule has 1 aliphatic rings. The van der Waals surface area contributed by atoms with Crippen LogP contribution in [0.4, 0.5) is 9.18 Å². The van der Waals surface area contributed by atoms with Crippen molar-refractivity contribution in [1.82, 2.24) is 10.2 Å². The lowest BCUT2D eigenvalue weighted by atomic mass is 9.89. The highest BCUT2D eigenvalue weighted by Gasteiger charge is 2.26. The molecule has 1 unspecified atom stereocenters. The summed E-state index contributed by atoms with van der Waals surface area (Å²) in [5.74, 6) is 0.848. The predicted octanol–water partition coefficient (Wildman–Crippen LogP) is 2.17. The van der Waals surface area contributed by atoms with Crippen molar-refractivity contribution in [3.8, 4) is 6.07 Å². The number of hydrogen-bond acceptors (Lipinski definition) is 2. The number of likely N-dealkylation sites (tertiary alicyclic amines) is 1. The summed E-state index contributed by atoms with van der Waals surface area (Å²) in [6.45, 7) is 4.86. The highest BCUT2D eigenvalue weighted by molar-refractivity contribution is 5.73. The van der Waals surface area contributed by atoms with Gasteiger partial charge in [0, 0.05) is 26.6 Å². The van der Waals surface area contributed by atoms with Gasteiger partial charge in [-0.1, -0.05) is 6.92 Å². The highest BCUT2D eigenvalue weighted by Crippen LogP contribution is 2.23. The Labute approximate surface area is 103 Å². The van der Waals surface area contributed by atoms with E-state index in [0.29, 0.717) is 18.3 Å². The Bertz CT molecular complexity index is 265. The summed E-state index contributed by atoms with van der Waals surface area (Å²) < 4.78 is 10.3. The number of hydrogen-bond donors (Lipinski definition) is 1. The van der Waals surface area contributed by atoms with Gasteiger partial charge in [-0.2, -0.15) is 5.26 Å². The predicted molar refractivity (Wildman–Crippen MR) is 65.2 cm³/mol. The lowest BCUT2D eigenvalue weighted by Gasteiger charge is -2.35. The Balaban J connectivity index is 0.000000770. The minimum Gasteiger partial charge on any atom is -0.341 e. The largest absolute Gasteiger partial charge is 0.341 e. The third-order valence-electron chi connectivity index (χ3n) is 2.63. The molecule has 0 aliphatic carbocycles. The van der Waals surface area contributed by atoms with E-state index in [1.165, 1.54) is 6.92 Å². The van der Waals surface area contributed by atoms with Gasteiger partial charge >= 0.3 is 6.03 Å². The number of nitrogens with one attached hydrogen (secondary N) is 1. The Kier molecular flexibility index (Phi) is 8.12. The van der Waals surface area contributed by atoms with Gasteiger partial charge < -0.3 is 10.2 Å². The number of urea groups is 1. The molecule has 2 atom stereocenters. The molecule has 0 radical (unpaired) electrons. The van der Waals surface area contributed by atoms with Gasteiger partial charge in [-0.3, -0.25) is 4.39 Å². The van der Waals surface area contributed by atoms with Gasteiger partial charge in [-0.15, -0.1) is 0 Å². The molecule has 98 valence electrons. The van der Waals surface area contributed by atoms with Gasteiger partial charge in [0.05, 0.1) is 12.7 Å². The van der Waals surface area contributed by atoms with Gasteiger partial charge in [0.2, 0.25) is 0 Å². The Morgan fingerprint density at radius 1 is 1.59 bits per heavy atom. The molecule has 4 nitrogen and oxygen atoms in total. The van der Waals surface area contributed by atoms with E-state index in [4.69, 9.17) is 5.26 Å². The summed E-state index contributed by atoms with van der Waals surface area (Å²) in [6, 6.07) is 2.15. The Morgan fingerprint density at radius 3 is 2.65 bits per heavy atom. The van der Waals surface area contributed by atoms with E-state index in [9.17, 15) is 9.18 Å². The monoisotopic (exact) mass is 243 g/mol. The summed E-state index contributed by atoms with van der Waals surface area (Å²) in [6.07, 6.45) is 1.61. The normalized spacial score (nSPS) is 23.1. The first kappa shape index (κ1) is 15.7. The van der Waals surface area contributed by atoms with E-state index >= 15 is 0 Å². The lowest BCUT2D eigenvalue weighted by Crippen LogP contribution is -2.46. The van der Waals surface area contributed by atoms with Crippen LogP contribution >= 0.6 is 0 Å². The summed E-state index contributed by atoms with van der Waals surface area (Å²) in [5.41, 5.74) is 0. The maximum absolute atomic E-state index is 11.4. The van der Waals surface area contributed by atoms with Crippen molar-refractivity contribution >= 4 is 6.03 Å². The molecular formula is C12H22FN3O. The molecule has 2 amide bonds. The van der Waals surface area contributed by atoms with Crippen molar-refractivity contribution in [3.05, 3.63) is 0 Å². The molecule has 1 saturated heterocycles. The molecule has 17 heavy (non-hydrogen) atoms. The molecule has 0 aromatic heterocycles. The maximum Gasteiger partial charge on any atom is 0.317 e. The van der Waals surface area contributed by atoms with E-state index < -0.39 is 0 Å². The van der Waals surface area contributed by atoms with Crippen molar-refractivity contribution in [2.24, 2.45) is 11.8 Å². The van der Waals surface area contributed by atoms with Crippen LogP contribution in [-0.4, -0.2) is 37.7 Å². The van der Waals surface area contributed by atoms with Crippen molar-refractivity contribution < 1.29 is 9.18 Å². The molecule has 0 saturated carbocycles. The van der Waals surface area contributed by atoms with Crippen LogP contribution in [0.5, 0.6) is 0 Å². The molecule has 1 aliphatic heterocycles. The molecule has 5 heteroatoms. The number of nitrogens with zero attached hydrogens (tertiary/aromatic N) is 2.